The topological polar surface area (TPSA) is 94.9 Å². The maximum Gasteiger partial charge on any atom is 0.349 e. The van der Waals surface area contributed by atoms with Gasteiger partial charge in [0.25, 0.3) is 0 Å². The van der Waals surface area contributed by atoms with Gasteiger partial charge in [-0.3, -0.25) is 0 Å². The fourth-order valence-corrected chi connectivity index (χ4v) is 3.60. The number of ether oxygens (including phenoxy) is 4. The monoisotopic (exact) mass is 551 g/mol. The third-order valence-electron chi connectivity index (χ3n) is 3.84. The molecule has 0 spiro atoms. The molecule has 7 nitrogen and oxygen atoms in total. The molecular formula is C21H14Cl5NO6. The third-order valence-corrected chi connectivity index (χ3v) is 6.08. The Morgan fingerprint density at radius 2 is 1.61 bits per heavy atom. The number of rotatable bonds is 8. The molecule has 0 saturated carbocycles. The number of benzene rings is 2. The normalized spacial score (nSPS) is 10.9. The van der Waals surface area contributed by atoms with Crippen molar-refractivity contribution in [2.24, 2.45) is 0 Å². The van der Waals surface area contributed by atoms with Crippen molar-refractivity contribution < 1.29 is 28.5 Å². The van der Waals surface area contributed by atoms with Crippen LogP contribution in [0.1, 0.15) is 12.5 Å². The van der Waals surface area contributed by atoms with Gasteiger partial charge in [0.05, 0.1) is 28.8 Å². The molecule has 0 heterocycles. The van der Waals surface area contributed by atoms with Gasteiger partial charge in [-0.15, -0.1) is 0 Å². The summed E-state index contributed by atoms with van der Waals surface area (Å²) in [4.78, 5) is 24.1. The molecule has 12 heteroatoms. The van der Waals surface area contributed by atoms with Crippen LogP contribution < -0.4 is 14.2 Å². The van der Waals surface area contributed by atoms with E-state index in [1.54, 1.807) is 13.0 Å². The first-order valence-electron chi connectivity index (χ1n) is 8.96. The van der Waals surface area contributed by atoms with Gasteiger partial charge < -0.3 is 18.9 Å². The van der Waals surface area contributed by atoms with Gasteiger partial charge in [0, 0.05) is 0 Å². The van der Waals surface area contributed by atoms with Crippen LogP contribution >= 0.6 is 58.0 Å². The van der Waals surface area contributed by atoms with Gasteiger partial charge in [-0.1, -0.05) is 64.1 Å². The molecule has 2 aromatic rings. The number of hydrogen-bond donors (Lipinski definition) is 0. The van der Waals surface area contributed by atoms with E-state index in [0.29, 0.717) is 5.56 Å². The van der Waals surface area contributed by atoms with E-state index in [0.717, 1.165) is 0 Å². The number of nitrogens with zero attached hydrogens (tertiary/aromatic N) is 1. The number of esters is 2. The molecule has 33 heavy (non-hydrogen) atoms. The molecule has 0 radical (unpaired) electrons. The summed E-state index contributed by atoms with van der Waals surface area (Å²) in [5.41, 5.74) is 0.239. The summed E-state index contributed by atoms with van der Waals surface area (Å²) < 4.78 is 20.6. The fraction of sp³-hybridized carbons (Fsp3) is 0.190. The molecule has 0 aliphatic rings. The van der Waals surface area contributed by atoms with E-state index in [-0.39, 0.29) is 54.5 Å². The number of hydrogen-bond acceptors (Lipinski definition) is 7. The van der Waals surface area contributed by atoms with Crippen molar-refractivity contribution in [1.82, 2.24) is 0 Å². The lowest BCUT2D eigenvalue weighted by Crippen LogP contribution is -2.18. The molecule has 0 bridgehead atoms. The SMILES string of the molecule is CCOC(=O)/C(C#N)=C/c1ccc(OC(=O)COc2c(Cl)c(Cl)c(Cl)c(Cl)c2Cl)c(OC)c1. The Hall–Kier alpha value is -2.34. The highest BCUT2D eigenvalue weighted by atomic mass is 35.5. The van der Waals surface area contributed by atoms with Crippen molar-refractivity contribution in [2.45, 2.75) is 6.92 Å². The fourth-order valence-electron chi connectivity index (χ4n) is 2.37. The summed E-state index contributed by atoms with van der Waals surface area (Å²) in [5.74, 6) is -1.50. The number of carbonyl (C=O) groups is 2. The Labute approximate surface area is 214 Å². The maximum atomic E-state index is 12.3. The number of halogens is 5. The van der Waals surface area contributed by atoms with Crippen molar-refractivity contribution in [3.8, 4) is 23.3 Å². The molecule has 0 aliphatic carbocycles. The van der Waals surface area contributed by atoms with E-state index in [2.05, 4.69) is 0 Å². The zero-order valence-corrected chi connectivity index (χ0v) is 20.8. The lowest BCUT2D eigenvalue weighted by atomic mass is 10.1. The van der Waals surface area contributed by atoms with Crippen molar-refractivity contribution in [3.05, 3.63) is 54.4 Å². The van der Waals surface area contributed by atoms with Gasteiger partial charge in [-0.2, -0.15) is 5.26 Å². The first-order valence-corrected chi connectivity index (χ1v) is 10.8. The summed E-state index contributed by atoms with van der Waals surface area (Å²) in [7, 11) is 1.35. The van der Waals surface area contributed by atoms with Gasteiger partial charge >= 0.3 is 11.9 Å². The highest BCUT2D eigenvalue weighted by molar-refractivity contribution is 6.55. The minimum atomic E-state index is -0.824. The number of nitriles is 1. The average molecular weight is 554 g/mol. The van der Waals surface area contributed by atoms with Crippen LogP contribution in [0.15, 0.2) is 23.8 Å². The van der Waals surface area contributed by atoms with Crippen LogP contribution in [0, 0.1) is 11.3 Å². The van der Waals surface area contributed by atoms with Crippen LogP contribution in [0.4, 0.5) is 0 Å². The van der Waals surface area contributed by atoms with Crippen molar-refractivity contribution in [3.63, 3.8) is 0 Å². The van der Waals surface area contributed by atoms with Crippen molar-refractivity contribution in [2.75, 3.05) is 20.3 Å². The summed E-state index contributed by atoms with van der Waals surface area (Å²) >= 11 is 30.0. The van der Waals surface area contributed by atoms with Crippen LogP contribution in [0.5, 0.6) is 17.2 Å². The molecule has 174 valence electrons. The summed E-state index contributed by atoms with van der Waals surface area (Å²) in [6, 6.07) is 6.16. The molecule has 0 atom stereocenters. The third kappa shape index (κ3) is 6.59. The smallest absolute Gasteiger partial charge is 0.349 e. The molecule has 0 amide bonds. The second-order valence-corrected chi connectivity index (χ2v) is 7.85. The van der Waals surface area contributed by atoms with E-state index >= 15 is 0 Å². The lowest BCUT2D eigenvalue weighted by Gasteiger charge is -2.14. The minimum Gasteiger partial charge on any atom is -0.493 e. The number of carbonyl (C=O) groups excluding carboxylic acids is 2. The highest BCUT2D eigenvalue weighted by Gasteiger charge is 2.22. The second-order valence-electron chi connectivity index (χ2n) is 5.96. The molecule has 0 fully saturated rings. The van der Waals surface area contributed by atoms with Crippen LogP contribution in [-0.2, 0) is 14.3 Å². The summed E-state index contributed by atoms with van der Waals surface area (Å²) in [5, 5.41) is 8.70. The molecular weight excluding hydrogens is 539 g/mol. The Kier molecular flexibility index (Phi) is 9.96. The first kappa shape index (κ1) is 26.9. The molecule has 0 aromatic heterocycles. The van der Waals surface area contributed by atoms with Crippen LogP contribution in [0.25, 0.3) is 6.08 Å². The van der Waals surface area contributed by atoms with Gasteiger partial charge in [0.2, 0.25) is 0 Å². The van der Waals surface area contributed by atoms with E-state index in [1.807, 2.05) is 0 Å². The molecule has 0 aliphatic heterocycles. The largest absolute Gasteiger partial charge is 0.493 e. The van der Waals surface area contributed by atoms with Crippen LogP contribution in [-0.4, -0.2) is 32.3 Å². The Balaban J connectivity index is 2.18. The summed E-state index contributed by atoms with van der Waals surface area (Å²) in [6.07, 6.45) is 1.31. The average Bonchev–Trinajstić information content (AvgIpc) is 2.80. The lowest BCUT2D eigenvalue weighted by molar-refractivity contribution is -0.138. The van der Waals surface area contributed by atoms with Crippen molar-refractivity contribution >= 4 is 76.0 Å². The van der Waals surface area contributed by atoms with Gasteiger partial charge in [-0.25, -0.2) is 9.59 Å². The first-order chi connectivity index (χ1) is 15.6. The maximum absolute atomic E-state index is 12.3. The molecule has 0 saturated heterocycles. The highest BCUT2D eigenvalue weighted by Crippen LogP contribution is 2.48. The molecule has 0 N–H and O–H groups in total. The number of methoxy groups -OCH3 is 1. The zero-order chi connectivity index (χ0) is 24.7. The van der Waals surface area contributed by atoms with Gasteiger partial charge in [0.15, 0.2) is 23.9 Å². The van der Waals surface area contributed by atoms with Crippen LogP contribution in [0.3, 0.4) is 0 Å². The van der Waals surface area contributed by atoms with E-state index in [4.69, 9.17) is 82.2 Å². The second kappa shape index (κ2) is 12.2. The molecule has 2 rings (SSSR count). The Bertz CT molecular complexity index is 1130. The molecule has 2 aromatic carbocycles. The van der Waals surface area contributed by atoms with E-state index in [1.165, 1.54) is 31.4 Å². The predicted molar refractivity (Wildman–Crippen MR) is 126 cm³/mol. The quantitative estimate of drug-likeness (QED) is 0.0930. The van der Waals surface area contributed by atoms with Gasteiger partial charge in [0.1, 0.15) is 21.7 Å². The van der Waals surface area contributed by atoms with E-state index in [9.17, 15) is 9.59 Å². The Morgan fingerprint density at radius 1 is 1.00 bits per heavy atom. The summed E-state index contributed by atoms with van der Waals surface area (Å²) in [6.45, 7) is 1.16. The van der Waals surface area contributed by atoms with Gasteiger partial charge in [-0.05, 0) is 30.7 Å². The van der Waals surface area contributed by atoms with Crippen LogP contribution in [0.2, 0.25) is 25.1 Å². The standard InChI is InChI=1S/C21H14Cl5NO6/c1-3-31-21(29)11(8-27)6-10-4-5-12(13(7-10)30-2)33-14(28)9-32-20-18(25)16(23)15(22)17(24)19(20)26/h4-7H,3,9H2,1-2H3/b11-6+. The minimum absolute atomic E-state index is 0.0513. The Morgan fingerprint density at radius 3 is 2.15 bits per heavy atom. The zero-order valence-electron chi connectivity index (χ0n) is 17.0. The van der Waals surface area contributed by atoms with E-state index < -0.39 is 18.5 Å². The van der Waals surface area contributed by atoms with Crippen molar-refractivity contribution in [1.29, 1.82) is 5.26 Å². The molecule has 0 unspecified atom stereocenters. The predicted octanol–water partition coefficient (Wildman–Crippen LogP) is 6.42.